The van der Waals surface area contributed by atoms with Gasteiger partial charge in [0, 0.05) is 16.7 Å². The predicted octanol–water partition coefficient (Wildman–Crippen LogP) is 2.61. The molecule has 17 heavy (non-hydrogen) atoms. The van der Waals surface area contributed by atoms with Crippen LogP contribution in [-0.4, -0.2) is 26.5 Å². The Bertz CT molecular complexity index is 398. The minimum absolute atomic E-state index is 0.248. The molecule has 0 saturated heterocycles. The minimum atomic E-state index is -2.82. The largest absolute Gasteiger partial charge is 0.310 e. The number of hydrogen-bond donors (Lipinski definition) is 1. The van der Waals surface area contributed by atoms with Crippen LogP contribution in [0.25, 0.3) is 0 Å². The average molecular weight is 275 g/mol. The van der Waals surface area contributed by atoms with Crippen molar-refractivity contribution in [2.45, 2.75) is 32.7 Å². The maximum atomic E-state index is 11.4. The normalized spacial score (nSPS) is 13.8. The topological polar surface area (TPSA) is 46.2 Å². The average Bonchev–Trinajstić information content (AvgIpc) is 2.81. The molecule has 1 rings (SSSR count). The fourth-order valence-corrected chi connectivity index (χ4v) is 3.46. The van der Waals surface area contributed by atoms with Gasteiger partial charge in [-0.05, 0) is 30.8 Å². The van der Waals surface area contributed by atoms with E-state index in [1.54, 1.807) is 18.3 Å². The first-order valence-electron chi connectivity index (χ1n) is 6.06. The van der Waals surface area contributed by atoms with Crippen LogP contribution in [0.5, 0.6) is 0 Å². The summed E-state index contributed by atoms with van der Waals surface area (Å²) in [6.45, 7) is 4.68. The number of sulfone groups is 1. The Balaban J connectivity index is 2.46. The molecule has 1 unspecified atom stereocenters. The molecule has 0 aliphatic rings. The molecule has 0 aliphatic carbocycles. The number of thiophene rings is 1. The first-order chi connectivity index (χ1) is 8.09. The molecule has 0 aromatic carbocycles. The van der Waals surface area contributed by atoms with E-state index in [0.29, 0.717) is 11.8 Å². The van der Waals surface area contributed by atoms with Crippen molar-refractivity contribution in [2.75, 3.05) is 18.1 Å². The van der Waals surface area contributed by atoms with Crippen LogP contribution in [-0.2, 0) is 9.84 Å². The smallest absolute Gasteiger partial charge is 0.150 e. The van der Waals surface area contributed by atoms with Crippen molar-refractivity contribution < 1.29 is 8.42 Å². The van der Waals surface area contributed by atoms with Gasteiger partial charge in [0.15, 0.2) is 0 Å². The summed E-state index contributed by atoms with van der Waals surface area (Å²) in [5.41, 5.74) is 0. The van der Waals surface area contributed by atoms with E-state index in [0.717, 1.165) is 19.4 Å². The van der Waals surface area contributed by atoms with Crippen LogP contribution in [0.1, 0.15) is 37.6 Å². The molecule has 0 saturated carbocycles. The van der Waals surface area contributed by atoms with Crippen LogP contribution in [0.3, 0.4) is 0 Å². The highest BCUT2D eigenvalue weighted by Gasteiger charge is 2.13. The third-order valence-electron chi connectivity index (χ3n) is 2.73. The summed E-state index contributed by atoms with van der Waals surface area (Å²) >= 11 is 1.72. The number of nitrogens with one attached hydrogen (secondary N) is 1. The summed E-state index contributed by atoms with van der Waals surface area (Å²) in [6, 6.07) is 4.44. The van der Waals surface area contributed by atoms with Crippen molar-refractivity contribution in [2.24, 2.45) is 0 Å². The van der Waals surface area contributed by atoms with Crippen LogP contribution in [0.2, 0.25) is 0 Å². The highest BCUT2D eigenvalue weighted by atomic mass is 32.2. The van der Waals surface area contributed by atoms with E-state index in [1.165, 1.54) is 4.88 Å². The molecule has 1 aromatic heterocycles. The van der Waals surface area contributed by atoms with Crippen molar-refractivity contribution in [1.29, 1.82) is 0 Å². The molecular weight excluding hydrogens is 254 g/mol. The van der Waals surface area contributed by atoms with Gasteiger partial charge in [0.05, 0.1) is 5.75 Å². The third-order valence-corrected chi connectivity index (χ3v) is 5.50. The van der Waals surface area contributed by atoms with Gasteiger partial charge in [-0.3, -0.25) is 0 Å². The first-order valence-corrected chi connectivity index (χ1v) is 8.76. The van der Waals surface area contributed by atoms with Crippen molar-refractivity contribution in [3.05, 3.63) is 22.4 Å². The molecule has 3 nitrogen and oxygen atoms in total. The van der Waals surface area contributed by atoms with Gasteiger partial charge in [-0.2, -0.15) is 0 Å². The third kappa shape index (κ3) is 5.19. The van der Waals surface area contributed by atoms with Crippen LogP contribution < -0.4 is 5.32 Å². The Morgan fingerprint density at radius 1 is 1.41 bits per heavy atom. The van der Waals surface area contributed by atoms with Gasteiger partial charge >= 0.3 is 0 Å². The molecule has 1 heterocycles. The first kappa shape index (κ1) is 14.7. The maximum Gasteiger partial charge on any atom is 0.150 e. The predicted molar refractivity (Wildman–Crippen MR) is 74.3 cm³/mol. The van der Waals surface area contributed by atoms with Gasteiger partial charge in [-0.1, -0.05) is 19.9 Å². The van der Waals surface area contributed by atoms with Crippen molar-refractivity contribution in [3.8, 4) is 0 Å². The van der Waals surface area contributed by atoms with E-state index in [1.807, 2.05) is 6.07 Å². The zero-order chi connectivity index (χ0) is 12.7. The Morgan fingerprint density at radius 3 is 2.71 bits per heavy atom. The SMILES string of the molecule is CCNC(CCCS(=O)(=O)CC)c1cccs1. The molecule has 1 aromatic rings. The van der Waals surface area contributed by atoms with Crippen molar-refractivity contribution in [1.82, 2.24) is 5.32 Å². The van der Waals surface area contributed by atoms with Crippen LogP contribution in [0.15, 0.2) is 17.5 Å². The monoisotopic (exact) mass is 275 g/mol. The molecule has 0 amide bonds. The van der Waals surface area contributed by atoms with Crippen LogP contribution in [0.4, 0.5) is 0 Å². The zero-order valence-corrected chi connectivity index (χ0v) is 12.1. The Kier molecular flexibility index (Phi) is 6.16. The molecule has 0 spiro atoms. The van der Waals surface area contributed by atoms with Crippen LogP contribution in [0, 0.1) is 0 Å². The van der Waals surface area contributed by atoms with Gasteiger partial charge in [-0.15, -0.1) is 11.3 Å². The summed E-state index contributed by atoms with van der Waals surface area (Å²) in [6.07, 6.45) is 1.61. The molecule has 0 bridgehead atoms. The van der Waals surface area contributed by atoms with Crippen molar-refractivity contribution in [3.63, 3.8) is 0 Å². The lowest BCUT2D eigenvalue weighted by Gasteiger charge is -2.16. The lowest BCUT2D eigenvalue weighted by Crippen LogP contribution is -2.21. The molecule has 0 aliphatic heterocycles. The van der Waals surface area contributed by atoms with E-state index in [2.05, 4.69) is 23.7 Å². The van der Waals surface area contributed by atoms with Gasteiger partial charge in [-0.25, -0.2) is 8.42 Å². The molecule has 5 heteroatoms. The van der Waals surface area contributed by atoms with Crippen molar-refractivity contribution >= 4 is 21.2 Å². The minimum Gasteiger partial charge on any atom is -0.310 e. The highest BCUT2D eigenvalue weighted by Crippen LogP contribution is 2.23. The van der Waals surface area contributed by atoms with E-state index in [9.17, 15) is 8.42 Å². The molecule has 0 fully saturated rings. The van der Waals surface area contributed by atoms with E-state index in [4.69, 9.17) is 0 Å². The standard InChI is InChI=1S/C12H21NO2S2/c1-3-13-11(12-8-5-9-16-12)7-6-10-17(14,15)4-2/h5,8-9,11,13H,3-4,6-7,10H2,1-2H3. The molecule has 0 radical (unpaired) electrons. The Morgan fingerprint density at radius 2 is 2.18 bits per heavy atom. The molecular formula is C12H21NO2S2. The Hall–Kier alpha value is -0.390. The van der Waals surface area contributed by atoms with Gasteiger partial charge in [0.25, 0.3) is 0 Å². The van der Waals surface area contributed by atoms with E-state index in [-0.39, 0.29) is 5.75 Å². The van der Waals surface area contributed by atoms with Gasteiger partial charge in [0.2, 0.25) is 0 Å². The lowest BCUT2D eigenvalue weighted by atomic mass is 10.1. The number of rotatable bonds is 8. The van der Waals surface area contributed by atoms with Crippen LogP contribution >= 0.6 is 11.3 Å². The molecule has 1 N–H and O–H groups in total. The maximum absolute atomic E-state index is 11.4. The second kappa shape index (κ2) is 7.13. The molecule has 98 valence electrons. The molecule has 1 atom stereocenters. The van der Waals surface area contributed by atoms with Gasteiger partial charge < -0.3 is 5.32 Å². The number of hydrogen-bond acceptors (Lipinski definition) is 4. The van der Waals surface area contributed by atoms with E-state index < -0.39 is 9.84 Å². The summed E-state index contributed by atoms with van der Waals surface area (Å²) in [4.78, 5) is 1.29. The lowest BCUT2D eigenvalue weighted by molar-refractivity contribution is 0.513. The summed E-state index contributed by atoms with van der Waals surface area (Å²) in [5.74, 6) is 0.550. The zero-order valence-electron chi connectivity index (χ0n) is 10.5. The van der Waals surface area contributed by atoms with Gasteiger partial charge in [0.1, 0.15) is 9.84 Å². The highest BCUT2D eigenvalue weighted by molar-refractivity contribution is 7.91. The fourth-order valence-electron chi connectivity index (χ4n) is 1.73. The second-order valence-electron chi connectivity index (χ2n) is 4.00. The summed E-state index contributed by atoms with van der Waals surface area (Å²) in [5, 5.41) is 5.46. The van der Waals surface area contributed by atoms with E-state index >= 15 is 0 Å². The Labute approximate surface area is 108 Å². The fraction of sp³-hybridized carbons (Fsp3) is 0.667. The summed E-state index contributed by atoms with van der Waals surface area (Å²) < 4.78 is 22.8. The summed E-state index contributed by atoms with van der Waals surface area (Å²) in [7, 11) is -2.82. The second-order valence-corrected chi connectivity index (χ2v) is 7.46. The quantitative estimate of drug-likeness (QED) is 0.793.